The Kier molecular flexibility index (Phi) is 6.89. The van der Waals surface area contributed by atoms with Gasteiger partial charge in [-0.1, -0.05) is 20.8 Å². The quantitative estimate of drug-likeness (QED) is 0.568. The Labute approximate surface area is 205 Å². The Morgan fingerprint density at radius 3 is 2.50 bits per heavy atom. The Bertz CT molecular complexity index is 844. The molecule has 0 aliphatic heterocycles. The van der Waals surface area contributed by atoms with Crippen LogP contribution in [0.4, 0.5) is 0 Å². The number of hydrogen-bond acceptors (Lipinski definition) is 6. The SMILES string of the molecule is COCc1nnc(CC[C@@H](C)[C@H]2CC[C@H]3[C@@H]4[C@H](OC)C[C@@H]5C[C@H](O)CC[C@]5(C)[C@H]4CC[C@]23C)o1. The molecule has 192 valence electrons. The summed E-state index contributed by atoms with van der Waals surface area (Å²) in [5.41, 5.74) is 0.770. The lowest BCUT2D eigenvalue weighted by Crippen LogP contribution is -2.59. The summed E-state index contributed by atoms with van der Waals surface area (Å²) in [6.07, 6.45) is 11.8. The Balaban J connectivity index is 1.30. The van der Waals surface area contributed by atoms with E-state index in [1.807, 2.05) is 7.11 Å². The lowest BCUT2D eigenvalue weighted by molar-refractivity contribution is -0.181. The second-order valence-corrected chi connectivity index (χ2v) is 12.7. The van der Waals surface area contributed by atoms with Crippen LogP contribution in [0.5, 0.6) is 0 Å². The van der Waals surface area contributed by atoms with Crippen molar-refractivity contribution < 1.29 is 19.0 Å². The number of methoxy groups -OCH3 is 2. The maximum absolute atomic E-state index is 10.4. The van der Waals surface area contributed by atoms with Gasteiger partial charge in [0.1, 0.15) is 6.61 Å². The monoisotopic (exact) mass is 474 g/mol. The number of rotatable bonds is 7. The highest BCUT2D eigenvalue weighted by molar-refractivity contribution is 5.12. The van der Waals surface area contributed by atoms with E-state index in [2.05, 4.69) is 31.0 Å². The Hall–Kier alpha value is -0.980. The van der Waals surface area contributed by atoms with Crippen molar-refractivity contribution >= 4 is 0 Å². The number of aromatic nitrogens is 2. The molecule has 1 aromatic heterocycles. The molecule has 1 heterocycles. The zero-order valence-electron chi connectivity index (χ0n) is 22.0. The molecule has 0 aromatic carbocycles. The number of hydrogen-bond donors (Lipinski definition) is 1. The largest absolute Gasteiger partial charge is 0.423 e. The normalized spacial score (nSPS) is 44.8. The van der Waals surface area contributed by atoms with Gasteiger partial charge in [-0.05, 0) is 104 Å². The number of ether oxygens (including phenoxy) is 2. The van der Waals surface area contributed by atoms with Crippen molar-refractivity contribution in [3.63, 3.8) is 0 Å². The molecule has 34 heavy (non-hydrogen) atoms. The Morgan fingerprint density at radius 1 is 1.00 bits per heavy atom. The fraction of sp³-hybridized carbons (Fsp3) is 0.929. The topological polar surface area (TPSA) is 77.6 Å². The zero-order valence-corrected chi connectivity index (χ0v) is 22.0. The van der Waals surface area contributed by atoms with Crippen LogP contribution in [0.2, 0.25) is 0 Å². The molecular formula is C28H46N2O4. The lowest BCUT2D eigenvalue weighted by Gasteiger charge is -2.63. The molecule has 4 aliphatic rings. The zero-order chi connectivity index (χ0) is 24.1. The fourth-order valence-electron chi connectivity index (χ4n) is 9.52. The van der Waals surface area contributed by atoms with Crippen molar-refractivity contribution in [2.75, 3.05) is 14.2 Å². The van der Waals surface area contributed by atoms with Gasteiger partial charge in [-0.25, -0.2) is 0 Å². The van der Waals surface area contributed by atoms with Gasteiger partial charge in [0.05, 0.1) is 12.2 Å². The van der Waals surface area contributed by atoms with Crippen molar-refractivity contribution in [2.45, 2.75) is 104 Å². The van der Waals surface area contributed by atoms with Gasteiger partial charge in [0.15, 0.2) is 0 Å². The van der Waals surface area contributed by atoms with Crippen LogP contribution in [0.3, 0.4) is 0 Å². The lowest BCUT2D eigenvalue weighted by atomic mass is 9.43. The van der Waals surface area contributed by atoms with E-state index in [0.717, 1.165) is 55.7 Å². The molecule has 0 unspecified atom stereocenters. The van der Waals surface area contributed by atoms with Gasteiger partial charge < -0.3 is 19.0 Å². The van der Waals surface area contributed by atoms with E-state index in [0.29, 0.717) is 47.2 Å². The minimum absolute atomic E-state index is 0.109. The summed E-state index contributed by atoms with van der Waals surface area (Å²) in [6.45, 7) is 8.00. The molecule has 0 saturated heterocycles. The summed E-state index contributed by atoms with van der Waals surface area (Å²) in [5, 5.41) is 18.7. The van der Waals surface area contributed by atoms with Crippen LogP contribution < -0.4 is 0 Å². The summed E-state index contributed by atoms with van der Waals surface area (Å²) in [6, 6.07) is 0. The maximum Gasteiger partial charge on any atom is 0.242 e. The number of aryl methyl sites for hydroxylation is 1. The van der Waals surface area contributed by atoms with Crippen molar-refractivity contribution in [2.24, 2.45) is 46.3 Å². The molecule has 1 aromatic rings. The van der Waals surface area contributed by atoms with E-state index < -0.39 is 0 Å². The van der Waals surface area contributed by atoms with Gasteiger partial charge >= 0.3 is 0 Å². The first-order valence-electron chi connectivity index (χ1n) is 13.8. The standard InChI is InChI=1S/C28H46N2O4/c1-17(6-9-24-29-30-25(34-24)16-32-4)20-7-8-21-26-22(11-13-28(20,21)3)27(2)12-10-19(31)14-18(27)15-23(26)33-5/h17-23,26,31H,6-16H2,1-5H3/t17-,18+,19-,20-,21+,22+,23-,26+,27+,28-/m1/s1. The van der Waals surface area contributed by atoms with Crippen LogP contribution in [0.1, 0.15) is 90.3 Å². The van der Waals surface area contributed by atoms with Crippen molar-refractivity contribution in [3.05, 3.63) is 11.8 Å². The number of aliphatic hydroxyl groups is 1. The molecule has 6 heteroatoms. The van der Waals surface area contributed by atoms with Gasteiger partial charge in [-0.3, -0.25) is 0 Å². The molecule has 4 fully saturated rings. The molecule has 0 spiro atoms. The first kappa shape index (κ1) is 24.7. The van der Waals surface area contributed by atoms with Gasteiger partial charge in [-0.15, -0.1) is 10.2 Å². The molecule has 0 bridgehead atoms. The minimum Gasteiger partial charge on any atom is -0.423 e. The first-order valence-corrected chi connectivity index (χ1v) is 13.8. The Morgan fingerprint density at radius 2 is 1.74 bits per heavy atom. The molecule has 1 N–H and O–H groups in total. The van der Waals surface area contributed by atoms with Gasteiger partial charge in [0.25, 0.3) is 0 Å². The van der Waals surface area contributed by atoms with E-state index in [1.54, 1.807) is 7.11 Å². The van der Waals surface area contributed by atoms with E-state index in [9.17, 15) is 5.11 Å². The van der Waals surface area contributed by atoms with Crippen molar-refractivity contribution in [3.8, 4) is 0 Å². The number of fused-ring (bicyclic) bond motifs is 5. The van der Waals surface area contributed by atoms with E-state index in [4.69, 9.17) is 13.9 Å². The average molecular weight is 475 g/mol. The molecule has 6 nitrogen and oxygen atoms in total. The predicted octanol–water partition coefficient (Wildman–Crippen LogP) is 5.43. The third-order valence-corrected chi connectivity index (χ3v) is 11.3. The molecule has 0 radical (unpaired) electrons. The van der Waals surface area contributed by atoms with Crippen molar-refractivity contribution in [1.29, 1.82) is 0 Å². The summed E-state index contributed by atoms with van der Waals surface area (Å²) in [7, 11) is 3.59. The summed E-state index contributed by atoms with van der Waals surface area (Å²) in [4.78, 5) is 0. The van der Waals surface area contributed by atoms with Crippen LogP contribution in [-0.2, 0) is 22.5 Å². The number of aliphatic hydroxyl groups excluding tert-OH is 1. The highest BCUT2D eigenvalue weighted by Crippen LogP contribution is 2.68. The highest BCUT2D eigenvalue weighted by Gasteiger charge is 2.63. The molecule has 0 amide bonds. The van der Waals surface area contributed by atoms with E-state index >= 15 is 0 Å². The smallest absolute Gasteiger partial charge is 0.242 e. The first-order chi connectivity index (χ1) is 16.3. The second-order valence-electron chi connectivity index (χ2n) is 12.7. The van der Waals surface area contributed by atoms with Crippen LogP contribution in [0, 0.1) is 46.3 Å². The van der Waals surface area contributed by atoms with E-state index in [-0.39, 0.29) is 6.10 Å². The van der Waals surface area contributed by atoms with Gasteiger partial charge in [0.2, 0.25) is 11.8 Å². The molecule has 5 rings (SSSR count). The second kappa shape index (κ2) is 9.48. The molecule has 4 aliphatic carbocycles. The van der Waals surface area contributed by atoms with Gasteiger partial charge in [0, 0.05) is 20.6 Å². The fourth-order valence-corrected chi connectivity index (χ4v) is 9.52. The molecule has 10 atom stereocenters. The van der Waals surface area contributed by atoms with Crippen molar-refractivity contribution in [1.82, 2.24) is 10.2 Å². The van der Waals surface area contributed by atoms with Crippen LogP contribution in [0.25, 0.3) is 0 Å². The van der Waals surface area contributed by atoms with Crippen LogP contribution in [0.15, 0.2) is 4.42 Å². The molecule has 4 saturated carbocycles. The highest BCUT2D eigenvalue weighted by atomic mass is 16.5. The summed E-state index contributed by atoms with van der Waals surface area (Å²) >= 11 is 0. The minimum atomic E-state index is -0.109. The summed E-state index contributed by atoms with van der Waals surface area (Å²) < 4.78 is 17.1. The molecular weight excluding hydrogens is 428 g/mol. The third-order valence-electron chi connectivity index (χ3n) is 11.3. The number of nitrogens with zero attached hydrogens (tertiary/aromatic N) is 2. The van der Waals surface area contributed by atoms with E-state index in [1.165, 1.54) is 32.1 Å². The predicted molar refractivity (Wildman–Crippen MR) is 130 cm³/mol. The van der Waals surface area contributed by atoms with Gasteiger partial charge in [-0.2, -0.15) is 0 Å². The average Bonchev–Trinajstić information content (AvgIpc) is 3.41. The third kappa shape index (κ3) is 4.06. The summed E-state index contributed by atoms with van der Waals surface area (Å²) in [5.74, 6) is 5.48. The van der Waals surface area contributed by atoms with Crippen LogP contribution in [-0.4, -0.2) is 41.7 Å². The maximum atomic E-state index is 10.4. The van der Waals surface area contributed by atoms with Crippen LogP contribution >= 0.6 is 0 Å².